The summed E-state index contributed by atoms with van der Waals surface area (Å²) >= 11 is 0. The van der Waals surface area contributed by atoms with Crippen molar-refractivity contribution in [2.24, 2.45) is 0 Å². The van der Waals surface area contributed by atoms with Gasteiger partial charge in [0.1, 0.15) is 11.5 Å². The predicted octanol–water partition coefficient (Wildman–Crippen LogP) is 2.88. The van der Waals surface area contributed by atoms with Gasteiger partial charge in [-0.3, -0.25) is 4.79 Å². The van der Waals surface area contributed by atoms with Crippen LogP contribution in [0.25, 0.3) is 0 Å². The van der Waals surface area contributed by atoms with E-state index in [2.05, 4.69) is 5.32 Å². The third-order valence-corrected chi connectivity index (χ3v) is 5.13. The van der Waals surface area contributed by atoms with Crippen molar-refractivity contribution < 1.29 is 17.9 Å². The summed E-state index contributed by atoms with van der Waals surface area (Å²) in [4.78, 5) is 12.1. The van der Waals surface area contributed by atoms with Gasteiger partial charge in [-0.1, -0.05) is 48.5 Å². The third-order valence-electron chi connectivity index (χ3n) is 3.68. The van der Waals surface area contributed by atoms with Crippen molar-refractivity contribution in [3.05, 3.63) is 65.7 Å². The van der Waals surface area contributed by atoms with Crippen molar-refractivity contribution in [1.29, 1.82) is 0 Å². The molecule has 2 aromatic carbocycles. The molecule has 0 saturated carbocycles. The van der Waals surface area contributed by atoms with Gasteiger partial charge in [0.15, 0.2) is 9.84 Å². The number of rotatable bonds is 8. The van der Waals surface area contributed by atoms with Gasteiger partial charge in [-0.2, -0.15) is 0 Å². The van der Waals surface area contributed by atoms with E-state index in [1.54, 1.807) is 24.3 Å². The Morgan fingerprint density at radius 1 is 1.08 bits per heavy atom. The van der Waals surface area contributed by atoms with Crippen molar-refractivity contribution >= 4 is 15.7 Å². The number of nitrogens with one attached hydrogen (secondary N) is 1. The fourth-order valence-electron chi connectivity index (χ4n) is 2.52. The molecule has 1 amide bonds. The van der Waals surface area contributed by atoms with E-state index >= 15 is 0 Å². The van der Waals surface area contributed by atoms with E-state index in [4.69, 9.17) is 4.74 Å². The fourth-order valence-corrected chi connectivity index (χ4v) is 3.81. The number of carbonyl (C=O) groups excluding carboxylic acids is 1. The molecule has 0 fully saturated rings. The lowest BCUT2D eigenvalue weighted by Crippen LogP contribution is -2.32. The SMILES string of the molecule is CCOc1ccccc1CS(=O)(=O)CC(=O)NC(C)c1ccccc1. The molecule has 2 aromatic rings. The van der Waals surface area contributed by atoms with Gasteiger partial charge in [-0.05, 0) is 25.5 Å². The normalized spacial score (nSPS) is 12.4. The Labute approximate surface area is 148 Å². The van der Waals surface area contributed by atoms with Crippen LogP contribution in [0.15, 0.2) is 54.6 Å². The van der Waals surface area contributed by atoms with Crippen molar-refractivity contribution in [1.82, 2.24) is 5.32 Å². The van der Waals surface area contributed by atoms with Crippen LogP contribution in [-0.2, 0) is 20.4 Å². The molecule has 25 heavy (non-hydrogen) atoms. The van der Waals surface area contributed by atoms with E-state index < -0.39 is 21.5 Å². The van der Waals surface area contributed by atoms with Gasteiger partial charge < -0.3 is 10.1 Å². The number of carbonyl (C=O) groups is 1. The Balaban J connectivity index is 2.00. The lowest BCUT2D eigenvalue weighted by molar-refractivity contribution is -0.119. The zero-order chi connectivity index (χ0) is 18.3. The first-order valence-corrected chi connectivity index (χ1v) is 9.99. The Morgan fingerprint density at radius 3 is 2.40 bits per heavy atom. The van der Waals surface area contributed by atoms with E-state index in [-0.39, 0.29) is 11.8 Å². The average Bonchev–Trinajstić information content (AvgIpc) is 2.56. The predicted molar refractivity (Wildman–Crippen MR) is 98.1 cm³/mol. The number of benzene rings is 2. The highest BCUT2D eigenvalue weighted by molar-refractivity contribution is 7.91. The summed E-state index contributed by atoms with van der Waals surface area (Å²) in [6.07, 6.45) is 0. The standard InChI is InChI=1S/C19H23NO4S/c1-3-24-18-12-8-7-11-17(18)13-25(22,23)14-19(21)20-15(2)16-9-5-4-6-10-16/h4-12,15H,3,13-14H2,1-2H3,(H,20,21). The molecule has 0 aliphatic carbocycles. The highest BCUT2D eigenvalue weighted by Gasteiger charge is 2.20. The van der Waals surface area contributed by atoms with Crippen LogP contribution in [0, 0.1) is 0 Å². The maximum Gasteiger partial charge on any atom is 0.235 e. The summed E-state index contributed by atoms with van der Waals surface area (Å²) in [5.41, 5.74) is 1.49. The molecule has 0 aliphatic heterocycles. The highest BCUT2D eigenvalue weighted by atomic mass is 32.2. The maximum absolute atomic E-state index is 12.4. The Bertz CT molecular complexity index is 803. The summed E-state index contributed by atoms with van der Waals surface area (Å²) in [7, 11) is -3.59. The van der Waals surface area contributed by atoms with Gasteiger partial charge in [-0.25, -0.2) is 8.42 Å². The van der Waals surface area contributed by atoms with Gasteiger partial charge in [0, 0.05) is 5.56 Å². The van der Waals surface area contributed by atoms with Crippen molar-refractivity contribution in [2.45, 2.75) is 25.6 Å². The van der Waals surface area contributed by atoms with Gasteiger partial charge in [0.25, 0.3) is 0 Å². The number of amides is 1. The molecule has 5 nitrogen and oxygen atoms in total. The number of hydrogen-bond acceptors (Lipinski definition) is 4. The average molecular weight is 361 g/mol. The maximum atomic E-state index is 12.4. The molecule has 0 spiro atoms. The second-order valence-corrected chi connectivity index (χ2v) is 7.84. The molecule has 0 heterocycles. The molecule has 1 N–H and O–H groups in total. The number of sulfone groups is 1. The molecule has 0 saturated heterocycles. The van der Waals surface area contributed by atoms with E-state index in [9.17, 15) is 13.2 Å². The van der Waals surface area contributed by atoms with Crippen molar-refractivity contribution in [2.75, 3.05) is 12.4 Å². The molecular weight excluding hydrogens is 338 g/mol. The van der Waals surface area contributed by atoms with Crippen molar-refractivity contribution in [3.63, 3.8) is 0 Å². The largest absolute Gasteiger partial charge is 0.494 e. The number of hydrogen-bond donors (Lipinski definition) is 1. The molecule has 0 aromatic heterocycles. The third kappa shape index (κ3) is 5.90. The summed E-state index contributed by atoms with van der Waals surface area (Å²) < 4.78 is 30.2. The summed E-state index contributed by atoms with van der Waals surface area (Å²) in [5.74, 6) is -0.752. The van der Waals surface area contributed by atoms with Crippen LogP contribution in [0.3, 0.4) is 0 Å². The molecule has 134 valence electrons. The summed E-state index contributed by atoms with van der Waals surface area (Å²) in [6, 6.07) is 16.1. The number of para-hydroxylation sites is 1. The minimum atomic E-state index is -3.59. The van der Waals surface area contributed by atoms with Crippen LogP contribution in [-0.4, -0.2) is 26.7 Å². The van der Waals surface area contributed by atoms with Crippen LogP contribution in [0.4, 0.5) is 0 Å². The molecular formula is C19H23NO4S. The summed E-state index contributed by atoms with van der Waals surface area (Å²) in [5, 5.41) is 2.73. The fraction of sp³-hybridized carbons (Fsp3) is 0.316. The van der Waals surface area contributed by atoms with Gasteiger partial charge in [0.2, 0.25) is 5.91 Å². The van der Waals surface area contributed by atoms with Gasteiger partial charge >= 0.3 is 0 Å². The van der Waals surface area contributed by atoms with Crippen LogP contribution >= 0.6 is 0 Å². The van der Waals surface area contributed by atoms with E-state index in [1.165, 1.54) is 0 Å². The second-order valence-electron chi connectivity index (χ2n) is 5.77. The first kappa shape index (κ1) is 19.0. The highest BCUT2D eigenvalue weighted by Crippen LogP contribution is 2.21. The van der Waals surface area contributed by atoms with Crippen LogP contribution in [0.1, 0.15) is 31.0 Å². The first-order chi connectivity index (χ1) is 11.9. The van der Waals surface area contributed by atoms with Crippen molar-refractivity contribution in [3.8, 4) is 5.75 Å². The lowest BCUT2D eigenvalue weighted by Gasteiger charge is -2.15. The lowest BCUT2D eigenvalue weighted by atomic mass is 10.1. The van der Waals surface area contributed by atoms with Crippen LogP contribution < -0.4 is 10.1 Å². The van der Waals surface area contributed by atoms with E-state index in [1.807, 2.05) is 44.2 Å². The Morgan fingerprint density at radius 2 is 1.72 bits per heavy atom. The first-order valence-electron chi connectivity index (χ1n) is 8.16. The van der Waals surface area contributed by atoms with E-state index in [0.717, 1.165) is 5.56 Å². The molecule has 0 radical (unpaired) electrons. The topological polar surface area (TPSA) is 72.5 Å². The summed E-state index contributed by atoms with van der Waals surface area (Å²) in [6.45, 7) is 4.11. The monoisotopic (exact) mass is 361 g/mol. The minimum Gasteiger partial charge on any atom is -0.494 e. The zero-order valence-electron chi connectivity index (χ0n) is 14.4. The van der Waals surface area contributed by atoms with Crippen LogP contribution in [0.2, 0.25) is 0 Å². The zero-order valence-corrected chi connectivity index (χ0v) is 15.3. The molecule has 1 atom stereocenters. The van der Waals surface area contributed by atoms with E-state index in [0.29, 0.717) is 17.9 Å². The smallest absolute Gasteiger partial charge is 0.235 e. The quantitative estimate of drug-likeness (QED) is 0.785. The Kier molecular flexibility index (Phi) is 6.58. The van der Waals surface area contributed by atoms with Gasteiger partial charge in [-0.15, -0.1) is 0 Å². The van der Waals surface area contributed by atoms with Gasteiger partial charge in [0.05, 0.1) is 18.4 Å². The molecule has 0 aliphatic rings. The Hall–Kier alpha value is -2.34. The number of ether oxygens (including phenoxy) is 1. The molecule has 2 rings (SSSR count). The molecule has 1 unspecified atom stereocenters. The second kappa shape index (κ2) is 8.67. The minimum absolute atomic E-state index is 0.226. The molecule has 0 bridgehead atoms. The molecule has 6 heteroatoms. The van der Waals surface area contributed by atoms with Crippen LogP contribution in [0.5, 0.6) is 5.75 Å².